The molecule has 0 amide bonds. The molecule has 0 aliphatic heterocycles. The second-order valence-electron chi connectivity index (χ2n) is 5.79. The van der Waals surface area contributed by atoms with E-state index in [0.717, 1.165) is 0 Å². The van der Waals surface area contributed by atoms with Crippen LogP contribution in [0.5, 0.6) is 0 Å². The molecule has 0 atom stereocenters. The van der Waals surface area contributed by atoms with Crippen LogP contribution in [0.1, 0.15) is 31.4 Å². The topological polar surface area (TPSA) is 74.8 Å². The summed E-state index contributed by atoms with van der Waals surface area (Å²) in [5, 5.41) is 9.39. The number of ketones is 1. The highest BCUT2D eigenvalue weighted by atomic mass is 79.9. The number of nitrogens with one attached hydrogen (secondary N) is 1. The molecule has 0 bridgehead atoms. The summed E-state index contributed by atoms with van der Waals surface area (Å²) in [5.41, 5.74) is 3.55. The van der Waals surface area contributed by atoms with Gasteiger partial charge < -0.3 is 4.42 Å². The number of Topliss-reactive ketones (excluding diaryl/α,β-unsaturated/α-hetero) is 1. The van der Waals surface area contributed by atoms with Crippen LogP contribution >= 0.6 is 15.9 Å². The molecule has 1 heterocycles. The molecule has 0 radical (unpaired) electrons. The number of carbonyl (C=O) groups excluding carboxylic acids is 1. The number of hydrogen-bond donors (Lipinski definition) is 2. The van der Waals surface area contributed by atoms with Crippen LogP contribution in [0.25, 0.3) is 0 Å². The first-order chi connectivity index (χ1) is 11.4. The van der Waals surface area contributed by atoms with E-state index in [1.165, 1.54) is 30.7 Å². The van der Waals surface area contributed by atoms with E-state index in [-0.39, 0.29) is 28.4 Å². The van der Waals surface area contributed by atoms with Gasteiger partial charge >= 0.3 is 0 Å². The van der Waals surface area contributed by atoms with E-state index < -0.39 is 5.82 Å². The predicted molar refractivity (Wildman–Crippen MR) is 92.1 cm³/mol. The fourth-order valence-electron chi connectivity index (χ4n) is 2.24. The lowest BCUT2D eigenvalue weighted by Gasteiger charge is -2.07. The van der Waals surface area contributed by atoms with Gasteiger partial charge in [-0.3, -0.25) is 15.5 Å². The van der Waals surface area contributed by atoms with Crippen LogP contribution in [0.4, 0.5) is 10.1 Å². The van der Waals surface area contributed by atoms with E-state index in [1.807, 2.05) is 19.3 Å². The van der Waals surface area contributed by atoms with Gasteiger partial charge in [0.25, 0.3) is 0 Å². The van der Waals surface area contributed by atoms with E-state index in [9.17, 15) is 14.4 Å². The normalized spacial score (nSPS) is 11.8. The third-order valence-corrected chi connectivity index (χ3v) is 3.88. The summed E-state index contributed by atoms with van der Waals surface area (Å²) in [7, 11) is 0. The molecule has 0 saturated heterocycles. The minimum absolute atomic E-state index is 0.0782. The monoisotopic (exact) mass is 396 g/mol. The first-order valence-corrected chi connectivity index (χ1v) is 8.21. The van der Waals surface area contributed by atoms with E-state index in [4.69, 9.17) is 4.42 Å². The van der Waals surface area contributed by atoms with E-state index in [2.05, 4.69) is 20.9 Å². The van der Waals surface area contributed by atoms with Crippen LogP contribution in [-0.4, -0.2) is 16.8 Å². The van der Waals surface area contributed by atoms with Crippen LogP contribution in [0.3, 0.4) is 0 Å². The predicted octanol–water partition coefficient (Wildman–Crippen LogP) is 4.40. The maximum atomic E-state index is 13.3. The number of carbonyl (C=O) groups is 1. The Hall–Kier alpha value is -1.99. The molecule has 24 heavy (non-hydrogen) atoms. The number of amidine groups is 1. The summed E-state index contributed by atoms with van der Waals surface area (Å²) in [6.07, 6.45) is 3.52. The Labute approximate surface area is 147 Å². The number of hydrogen-bond acceptors (Lipinski definition) is 4. The molecule has 0 unspecified atom stereocenters. The molecule has 5 nitrogen and oxygen atoms in total. The van der Waals surface area contributed by atoms with E-state index >= 15 is 0 Å². The minimum atomic E-state index is -0.407. The molecule has 0 saturated carbocycles. The van der Waals surface area contributed by atoms with Crippen molar-refractivity contribution in [3.05, 3.63) is 52.1 Å². The highest BCUT2D eigenvalue weighted by Gasteiger charge is 2.16. The highest BCUT2D eigenvalue weighted by molar-refractivity contribution is 9.10. The van der Waals surface area contributed by atoms with Crippen molar-refractivity contribution in [3.63, 3.8) is 0 Å². The van der Waals surface area contributed by atoms with Gasteiger partial charge in [-0.05, 0) is 40.0 Å². The SMILES string of the molecule is CC(C)CC(=O)Cc1cocc1C(=Nc1ccc(F)c(Br)c1)NO. The third-order valence-electron chi connectivity index (χ3n) is 3.27. The maximum absolute atomic E-state index is 13.3. The van der Waals surface area contributed by atoms with Gasteiger partial charge in [0, 0.05) is 18.4 Å². The second kappa shape index (κ2) is 8.21. The van der Waals surface area contributed by atoms with Crippen molar-refractivity contribution in [2.24, 2.45) is 10.9 Å². The van der Waals surface area contributed by atoms with Gasteiger partial charge in [-0.2, -0.15) is 0 Å². The Bertz CT molecular complexity index is 756. The van der Waals surface area contributed by atoms with Crippen molar-refractivity contribution in [1.82, 2.24) is 5.48 Å². The summed E-state index contributed by atoms with van der Waals surface area (Å²) in [4.78, 5) is 16.3. The van der Waals surface area contributed by atoms with Crippen molar-refractivity contribution in [2.45, 2.75) is 26.7 Å². The molecular weight excluding hydrogens is 379 g/mol. The number of halogens is 2. The van der Waals surface area contributed by atoms with Gasteiger partial charge in [0.2, 0.25) is 0 Å². The summed E-state index contributed by atoms with van der Waals surface area (Å²) < 4.78 is 18.7. The average Bonchev–Trinajstić information content (AvgIpc) is 2.95. The Morgan fingerprint density at radius 2 is 2.17 bits per heavy atom. The van der Waals surface area contributed by atoms with E-state index in [0.29, 0.717) is 23.2 Å². The maximum Gasteiger partial charge on any atom is 0.160 e. The average molecular weight is 397 g/mol. The molecule has 1 aromatic carbocycles. The fraction of sp³-hybridized carbons (Fsp3) is 0.294. The number of benzene rings is 1. The Balaban J connectivity index is 2.28. The lowest BCUT2D eigenvalue weighted by molar-refractivity contribution is -0.119. The summed E-state index contributed by atoms with van der Waals surface area (Å²) in [6, 6.07) is 4.22. The Morgan fingerprint density at radius 3 is 2.79 bits per heavy atom. The largest absolute Gasteiger partial charge is 0.472 e. The lowest BCUT2D eigenvalue weighted by Crippen LogP contribution is -2.21. The quantitative estimate of drug-likeness (QED) is 0.431. The standard InChI is InChI=1S/C17H18BrFN2O3/c1-10(2)5-13(22)6-11-8-24-9-14(11)17(21-23)20-12-3-4-16(19)15(18)7-12/h3-4,7-10,23H,5-6H2,1-2H3,(H,20,21). The minimum Gasteiger partial charge on any atom is -0.472 e. The van der Waals surface area contributed by atoms with Crippen molar-refractivity contribution >= 4 is 33.2 Å². The Morgan fingerprint density at radius 1 is 1.42 bits per heavy atom. The molecular formula is C17H18BrFN2O3. The molecule has 2 aromatic rings. The van der Waals surface area contributed by atoms with Crippen LogP contribution in [0.2, 0.25) is 0 Å². The van der Waals surface area contributed by atoms with Crippen LogP contribution in [0, 0.1) is 11.7 Å². The second-order valence-corrected chi connectivity index (χ2v) is 6.65. The molecule has 2 N–H and O–H groups in total. The van der Waals surface area contributed by atoms with Gasteiger partial charge in [-0.1, -0.05) is 13.8 Å². The molecule has 128 valence electrons. The number of furan rings is 1. The number of nitrogens with zero attached hydrogens (tertiary/aromatic N) is 1. The molecule has 2 rings (SSSR count). The molecule has 0 aliphatic rings. The number of hydroxylamine groups is 1. The van der Waals surface area contributed by atoms with Crippen molar-refractivity contribution in [2.75, 3.05) is 0 Å². The third kappa shape index (κ3) is 4.75. The fourth-order valence-corrected chi connectivity index (χ4v) is 2.60. The van der Waals surface area contributed by atoms with Crippen molar-refractivity contribution < 1.29 is 18.8 Å². The molecule has 0 aliphatic carbocycles. The van der Waals surface area contributed by atoms with Crippen LogP contribution in [-0.2, 0) is 11.2 Å². The van der Waals surface area contributed by atoms with Crippen LogP contribution in [0.15, 0.2) is 44.6 Å². The number of aliphatic imine (C=N–C) groups is 1. The van der Waals surface area contributed by atoms with Gasteiger partial charge in [-0.25, -0.2) is 9.38 Å². The van der Waals surface area contributed by atoms with Gasteiger partial charge in [0.1, 0.15) is 17.9 Å². The lowest BCUT2D eigenvalue weighted by atomic mass is 10.0. The highest BCUT2D eigenvalue weighted by Crippen LogP contribution is 2.23. The number of rotatable bonds is 6. The molecule has 7 heteroatoms. The molecule has 1 aromatic heterocycles. The zero-order valence-corrected chi connectivity index (χ0v) is 14.9. The van der Waals surface area contributed by atoms with Gasteiger partial charge in [-0.15, -0.1) is 0 Å². The zero-order chi connectivity index (χ0) is 17.7. The summed E-state index contributed by atoms with van der Waals surface area (Å²) in [6.45, 7) is 3.95. The van der Waals surface area contributed by atoms with Crippen molar-refractivity contribution in [1.29, 1.82) is 0 Å². The van der Waals surface area contributed by atoms with Crippen LogP contribution < -0.4 is 5.48 Å². The smallest absolute Gasteiger partial charge is 0.160 e. The summed E-state index contributed by atoms with van der Waals surface area (Å²) in [5.74, 6) is 0.0633. The summed E-state index contributed by atoms with van der Waals surface area (Å²) >= 11 is 3.09. The molecule has 0 spiro atoms. The first kappa shape index (κ1) is 18.4. The van der Waals surface area contributed by atoms with E-state index in [1.54, 1.807) is 0 Å². The Kier molecular flexibility index (Phi) is 6.28. The first-order valence-electron chi connectivity index (χ1n) is 7.41. The zero-order valence-electron chi connectivity index (χ0n) is 13.3. The molecule has 0 fully saturated rings. The van der Waals surface area contributed by atoms with Gasteiger partial charge in [0.05, 0.1) is 22.0 Å². The van der Waals surface area contributed by atoms with Crippen molar-refractivity contribution in [3.8, 4) is 0 Å². The van der Waals surface area contributed by atoms with Gasteiger partial charge in [0.15, 0.2) is 5.84 Å².